The molecule has 0 unspecified atom stereocenters. The van der Waals surface area contributed by atoms with Crippen LogP contribution in [0.2, 0.25) is 0 Å². The standard InChI is InChI=1S/2Au.Cu.In.Se2.3H/c;;;;1-2;;;/q2*+1;;;-2;;;. The Morgan fingerprint density at radius 1 is 1.00 bits per heavy atom. The van der Waals surface area contributed by atoms with Crippen LogP contribution in [0, 0.1) is 0 Å². The van der Waals surface area contributed by atoms with Crippen LogP contribution in [0.3, 0.4) is 0 Å². The Kier molecular flexibility index (Phi) is 43.8. The summed E-state index contributed by atoms with van der Waals surface area (Å²) in [5.41, 5.74) is 0. The fourth-order valence-corrected chi connectivity index (χ4v) is 0. The summed E-state index contributed by atoms with van der Waals surface area (Å²) >= 11 is 5.15. The van der Waals surface area contributed by atoms with Crippen LogP contribution in [0.5, 0.6) is 0 Å². The zero-order valence-electron chi connectivity index (χ0n) is 1.72. The van der Waals surface area contributed by atoms with Crippen molar-refractivity contribution >= 4 is 46.3 Å². The summed E-state index contributed by atoms with van der Waals surface area (Å²) < 4.78 is 0. The van der Waals surface area contributed by atoms with Crippen molar-refractivity contribution in [3.8, 4) is 0 Å². The van der Waals surface area contributed by atoms with Gasteiger partial charge in [-0.1, -0.05) is 0 Å². The first-order valence-electron chi connectivity index (χ1n) is 0.413. The third kappa shape index (κ3) is 15.7. The Hall–Kier alpha value is 3.91. The van der Waals surface area contributed by atoms with Gasteiger partial charge in [-0.25, -0.2) is 0 Å². The molecule has 0 saturated carbocycles. The predicted molar refractivity (Wildman–Crippen MR) is 21.4 cm³/mol. The van der Waals surface area contributed by atoms with Gasteiger partial charge >= 0.3 is 84.1 Å². The van der Waals surface area contributed by atoms with Gasteiger partial charge in [-0.3, -0.25) is 0 Å². The molecule has 6 heavy (non-hydrogen) atoms. The first-order chi connectivity index (χ1) is 1.91. The molecule has 0 nitrogen and oxygen atoms in total. The van der Waals surface area contributed by atoms with Crippen molar-refractivity contribution in [2.45, 2.75) is 0 Å². The monoisotopic (exact) mass is 735 g/mol. The average Bonchev–Trinajstić information content (AvgIpc) is 1.37. The maximum absolute atomic E-state index is 2.57. The van der Waals surface area contributed by atoms with Crippen molar-refractivity contribution in [3.05, 3.63) is 0 Å². The van der Waals surface area contributed by atoms with Gasteiger partial charge in [0.05, 0.1) is 0 Å². The molecule has 0 aromatic heterocycles. The van der Waals surface area contributed by atoms with Crippen LogP contribution in [0.1, 0.15) is 0 Å². The van der Waals surface area contributed by atoms with E-state index in [0.717, 1.165) is 20.4 Å². The van der Waals surface area contributed by atoms with Gasteiger partial charge in [-0.2, -0.15) is 0 Å². The summed E-state index contributed by atoms with van der Waals surface area (Å²) in [5, 5.41) is 0. The molecule has 0 rings (SSSR count). The normalized spacial score (nSPS) is 5.33. The predicted octanol–water partition coefficient (Wildman–Crippen LogP) is -1.95. The van der Waals surface area contributed by atoms with E-state index in [1.165, 1.54) is 0 Å². The molecular formula is H3Au2CuInSe2. The molecule has 0 aliphatic carbocycles. The fourth-order valence-electron chi connectivity index (χ4n) is 0. The van der Waals surface area contributed by atoms with Crippen LogP contribution in [0.4, 0.5) is 0 Å². The number of hydrogen-bond donors (Lipinski definition) is 0. The summed E-state index contributed by atoms with van der Waals surface area (Å²) in [6, 6.07) is 0. The molecular weight excluding hydrogens is 730 g/mol. The van der Waals surface area contributed by atoms with Gasteiger partial charge in [-0.05, 0) is 0 Å². The molecule has 0 amide bonds. The van der Waals surface area contributed by atoms with E-state index in [4.69, 9.17) is 0 Å². The van der Waals surface area contributed by atoms with Crippen molar-refractivity contribution in [3.63, 3.8) is 0 Å². The van der Waals surface area contributed by atoms with Crippen molar-refractivity contribution in [1.82, 2.24) is 0 Å². The summed E-state index contributed by atoms with van der Waals surface area (Å²) in [6.45, 7) is 0. The molecule has 0 atom stereocenters. The minimum absolute atomic E-state index is 0. The van der Waals surface area contributed by atoms with Crippen LogP contribution in [0.15, 0.2) is 0 Å². The minimum atomic E-state index is 0. The van der Waals surface area contributed by atoms with E-state index in [1.54, 1.807) is 0 Å². The third-order valence-corrected chi connectivity index (χ3v) is 27.4. The average molecular weight is 733 g/mol. The molecule has 0 aliphatic heterocycles. The van der Waals surface area contributed by atoms with E-state index < -0.39 is 0 Å². The van der Waals surface area contributed by atoms with Gasteiger partial charge in [0.25, 0.3) is 0 Å². The number of hydrogen-bond acceptors (Lipinski definition) is 0. The molecule has 0 aromatic rings. The van der Waals surface area contributed by atoms with E-state index in [1.807, 2.05) is 0 Å². The van der Waals surface area contributed by atoms with E-state index in [9.17, 15) is 0 Å². The zero-order valence-corrected chi connectivity index (χ0v) is 10.4. The maximum atomic E-state index is 2.57. The number of rotatable bonds is 1. The SMILES string of the molecule is [Au][Se][Se][Au].[Cu].[InH3]. The Labute approximate surface area is 98.7 Å². The third-order valence-electron chi connectivity index (χ3n) is 0.0152. The fraction of sp³-hybridized carbons (Fsp3) is 0. The summed E-state index contributed by atoms with van der Waals surface area (Å²) in [4.78, 5) is 0. The van der Waals surface area contributed by atoms with E-state index in [2.05, 4.69) is 37.8 Å². The second kappa shape index (κ2) is 16.0. The van der Waals surface area contributed by atoms with Gasteiger partial charge in [-0.15, -0.1) is 0 Å². The summed E-state index contributed by atoms with van der Waals surface area (Å²) in [5.74, 6) is 0. The van der Waals surface area contributed by atoms with Crippen LogP contribution in [0.25, 0.3) is 0 Å². The van der Waals surface area contributed by atoms with Gasteiger partial charge in [0.15, 0.2) is 0 Å². The zero-order chi connectivity index (χ0) is 3.41. The van der Waals surface area contributed by atoms with Crippen molar-refractivity contribution in [2.75, 3.05) is 0 Å². The van der Waals surface area contributed by atoms with E-state index >= 15 is 0 Å². The molecule has 0 bridgehead atoms. The molecule has 0 aliphatic rings. The van der Waals surface area contributed by atoms with E-state index in [-0.39, 0.29) is 42.9 Å². The van der Waals surface area contributed by atoms with Crippen molar-refractivity contribution in [2.24, 2.45) is 0 Å². The topological polar surface area (TPSA) is 0 Å². The Bertz CT molecular complexity index is 13.5. The van der Waals surface area contributed by atoms with E-state index in [0.29, 0.717) is 0 Å². The second-order valence-electron chi connectivity index (χ2n) is 0.101. The summed E-state index contributed by atoms with van der Waals surface area (Å²) in [7, 11) is 1.80. The molecule has 51 valence electrons. The summed E-state index contributed by atoms with van der Waals surface area (Å²) in [6.07, 6.45) is 0. The molecule has 0 saturated heterocycles. The molecule has 1 radical (unpaired) electrons. The molecule has 0 spiro atoms. The van der Waals surface area contributed by atoms with Crippen LogP contribution in [-0.2, 0) is 54.9 Å². The van der Waals surface area contributed by atoms with Crippen LogP contribution in [-0.4, -0.2) is 46.3 Å². The van der Waals surface area contributed by atoms with Gasteiger partial charge in [0, 0.05) is 17.1 Å². The van der Waals surface area contributed by atoms with Crippen molar-refractivity contribution in [1.29, 1.82) is 0 Å². The van der Waals surface area contributed by atoms with Gasteiger partial charge in [0.2, 0.25) is 0 Å². The quantitative estimate of drug-likeness (QED) is 0.276. The second-order valence-corrected chi connectivity index (χ2v) is 22.2. The first-order valence-corrected chi connectivity index (χ1v) is 15.0. The first kappa shape index (κ1) is 16.5. The van der Waals surface area contributed by atoms with Gasteiger partial charge < -0.3 is 0 Å². The van der Waals surface area contributed by atoms with Crippen molar-refractivity contribution < 1.29 is 54.9 Å². The Morgan fingerprint density at radius 3 is 1.17 bits per heavy atom. The Balaban J connectivity index is -0.0000000450. The molecule has 0 heterocycles. The molecule has 0 fully saturated rings. The van der Waals surface area contributed by atoms with Crippen LogP contribution < -0.4 is 0 Å². The van der Waals surface area contributed by atoms with Crippen LogP contribution >= 0.6 is 0 Å². The molecule has 0 aromatic carbocycles. The molecule has 6 heteroatoms. The molecule has 0 N–H and O–H groups in total. The van der Waals surface area contributed by atoms with Gasteiger partial charge in [0.1, 0.15) is 0 Å². The Morgan fingerprint density at radius 2 is 1.17 bits per heavy atom.